The van der Waals surface area contributed by atoms with Crippen LogP contribution in [0.25, 0.3) is 0 Å². The van der Waals surface area contributed by atoms with Crippen molar-refractivity contribution in [3.05, 3.63) is 59.7 Å². The molecule has 2 aromatic rings. The van der Waals surface area contributed by atoms with Crippen molar-refractivity contribution in [2.24, 2.45) is 0 Å². The van der Waals surface area contributed by atoms with Crippen LogP contribution in [-0.2, 0) is 10.8 Å². The first-order valence-electron chi connectivity index (χ1n) is 15.0. The van der Waals surface area contributed by atoms with E-state index in [4.69, 9.17) is 9.47 Å². The van der Waals surface area contributed by atoms with Crippen molar-refractivity contribution < 1.29 is 9.47 Å². The van der Waals surface area contributed by atoms with Gasteiger partial charge in [-0.15, -0.1) is 0 Å². The zero-order valence-electron chi connectivity index (χ0n) is 26.7. The highest BCUT2D eigenvalue weighted by Gasteiger charge is 2.33. The Morgan fingerprint density at radius 3 is 2.00 bits per heavy atom. The quantitative estimate of drug-likeness (QED) is 0.287. The third kappa shape index (κ3) is 10.1. The Kier molecular flexibility index (Phi) is 9.87. The molecular weight excluding hydrogens is 480 g/mol. The van der Waals surface area contributed by atoms with E-state index in [1.807, 2.05) is 0 Å². The van der Waals surface area contributed by atoms with Gasteiger partial charge >= 0.3 is 0 Å². The first-order valence-corrected chi connectivity index (χ1v) is 15.0. The normalized spacial score (nSPS) is 19.4. The molecule has 1 saturated carbocycles. The van der Waals surface area contributed by atoms with Crippen molar-refractivity contribution in [3.8, 4) is 11.5 Å². The summed E-state index contributed by atoms with van der Waals surface area (Å²) in [5, 5.41) is 7.45. The number of nitrogens with one attached hydrogen (secondary N) is 2. The van der Waals surface area contributed by atoms with E-state index in [9.17, 15) is 0 Å². The van der Waals surface area contributed by atoms with Crippen molar-refractivity contribution in [1.82, 2.24) is 10.6 Å². The summed E-state index contributed by atoms with van der Waals surface area (Å²) in [5.41, 5.74) is 2.99. The predicted octanol–water partition coefficient (Wildman–Crippen LogP) is 8.18. The molecule has 1 atom stereocenters. The smallest absolute Gasteiger partial charge is 0.120 e. The van der Waals surface area contributed by atoms with Crippen molar-refractivity contribution >= 4 is 0 Å². The summed E-state index contributed by atoms with van der Waals surface area (Å²) in [6, 6.07) is 17.8. The minimum Gasteiger partial charge on any atom is -0.490 e. The van der Waals surface area contributed by atoms with Crippen LogP contribution in [0.4, 0.5) is 0 Å². The predicted molar refractivity (Wildman–Crippen MR) is 166 cm³/mol. The lowest BCUT2D eigenvalue weighted by atomic mass is 9.77. The Hall–Kier alpha value is -2.04. The van der Waals surface area contributed by atoms with Crippen LogP contribution < -0.4 is 20.1 Å². The Morgan fingerprint density at radius 2 is 1.38 bits per heavy atom. The first-order chi connectivity index (χ1) is 17.9. The number of hydrogen-bond acceptors (Lipinski definition) is 4. The van der Waals surface area contributed by atoms with Crippen molar-refractivity contribution in [2.75, 3.05) is 6.54 Å². The third-order valence-corrected chi connectivity index (χ3v) is 7.93. The molecular formula is C35H56N2O2. The molecule has 2 N–H and O–H groups in total. The lowest BCUT2D eigenvalue weighted by molar-refractivity contribution is 0.0732. The van der Waals surface area contributed by atoms with Gasteiger partial charge in [-0.3, -0.25) is 0 Å². The second-order valence-electron chi connectivity index (χ2n) is 15.2. The van der Waals surface area contributed by atoms with E-state index in [1.54, 1.807) is 0 Å². The fraction of sp³-hybridized carbons (Fsp3) is 0.657. The van der Waals surface area contributed by atoms with Crippen molar-refractivity contribution in [3.63, 3.8) is 0 Å². The molecule has 0 aromatic heterocycles. The van der Waals surface area contributed by atoms with E-state index in [0.717, 1.165) is 43.7 Å². The van der Waals surface area contributed by atoms with E-state index in [-0.39, 0.29) is 28.0 Å². The average molecular weight is 537 g/mol. The maximum absolute atomic E-state index is 6.35. The van der Waals surface area contributed by atoms with Crippen LogP contribution in [0.2, 0.25) is 0 Å². The lowest BCUT2D eigenvalue weighted by Crippen LogP contribution is -2.53. The van der Waals surface area contributed by atoms with E-state index < -0.39 is 0 Å². The largest absolute Gasteiger partial charge is 0.490 e. The van der Waals surface area contributed by atoms with E-state index in [0.29, 0.717) is 12.1 Å². The highest BCUT2D eigenvalue weighted by atomic mass is 16.5. The maximum Gasteiger partial charge on any atom is 0.120 e. The van der Waals surface area contributed by atoms with Crippen molar-refractivity contribution in [1.29, 1.82) is 0 Å². The second-order valence-corrected chi connectivity index (χ2v) is 15.2. The SMILES string of the molecule is C[C@@H](CNC(C)(C)CCC(C)(C)c1cccc(OC2CC(NC(C)(C)C)C2)c1)Oc1cccc(C(C)(C)C)c1. The molecule has 1 aliphatic carbocycles. The molecule has 0 saturated heterocycles. The van der Waals surface area contributed by atoms with Crippen LogP contribution in [-0.4, -0.2) is 35.9 Å². The molecule has 0 unspecified atom stereocenters. The molecule has 39 heavy (non-hydrogen) atoms. The molecule has 0 amide bonds. The number of ether oxygens (including phenoxy) is 2. The van der Waals surface area contributed by atoms with E-state index >= 15 is 0 Å². The average Bonchev–Trinajstić information content (AvgIpc) is 2.79. The summed E-state index contributed by atoms with van der Waals surface area (Å²) in [6.45, 7) is 25.6. The van der Waals surface area contributed by atoms with Crippen LogP contribution in [0.15, 0.2) is 48.5 Å². The van der Waals surface area contributed by atoms with Crippen molar-refractivity contribution in [2.45, 2.75) is 142 Å². The molecule has 0 aliphatic heterocycles. The Labute approximate surface area is 239 Å². The van der Waals surface area contributed by atoms with E-state index in [1.165, 1.54) is 11.1 Å². The Bertz CT molecular complexity index is 1050. The molecule has 0 heterocycles. The molecule has 4 nitrogen and oxygen atoms in total. The second kappa shape index (κ2) is 12.2. The molecule has 1 aliphatic rings. The summed E-state index contributed by atoms with van der Waals surface area (Å²) in [4.78, 5) is 0. The number of benzene rings is 2. The van der Waals surface area contributed by atoms with Crippen LogP contribution in [0.5, 0.6) is 11.5 Å². The van der Waals surface area contributed by atoms with Gasteiger partial charge in [0.15, 0.2) is 0 Å². The van der Waals surface area contributed by atoms with Gasteiger partial charge in [0.2, 0.25) is 0 Å². The van der Waals surface area contributed by atoms with Gasteiger partial charge < -0.3 is 20.1 Å². The molecule has 4 heteroatoms. The van der Waals surface area contributed by atoms with Gasteiger partial charge in [0.1, 0.15) is 23.7 Å². The Morgan fingerprint density at radius 1 is 0.795 bits per heavy atom. The van der Waals surface area contributed by atoms with Gasteiger partial charge in [0.05, 0.1) is 0 Å². The van der Waals surface area contributed by atoms with Gasteiger partial charge in [-0.2, -0.15) is 0 Å². The molecule has 1 fully saturated rings. The van der Waals surface area contributed by atoms with Crippen LogP contribution >= 0.6 is 0 Å². The molecule has 0 spiro atoms. The van der Waals surface area contributed by atoms with Gasteiger partial charge in [-0.05, 0) is 113 Å². The van der Waals surface area contributed by atoms with Crippen LogP contribution in [0, 0.1) is 0 Å². The standard InChI is InChI=1S/C35H56N2O2/c1-25(38-29-16-12-14-26(20-29)32(2,3)4)24-36-35(10,11)19-18-34(8,9)27-15-13-17-30(21-27)39-31-22-28(23-31)37-33(5,6)7/h12-17,20-21,25,28,31,36-37H,18-19,22-24H2,1-11H3/t25-,28?,31?/m0/s1. The highest BCUT2D eigenvalue weighted by Crippen LogP contribution is 2.34. The highest BCUT2D eigenvalue weighted by molar-refractivity contribution is 5.34. The van der Waals surface area contributed by atoms with Gasteiger partial charge in [0, 0.05) is 23.7 Å². The zero-order chi connectivity index (χ0) is 29.1. The fourth-order valence-electron chi connectivity index (χ4n) is 5.16. The number of hydrogen-bond donors (Lipinski definition) is 2. The van der Waals surface area contributed by atoms with Gasteiger partial charge in [0.25, 0.3) is 0 Å². The molecule has 0 bridgehead atoms. The van der Waals surface area contributed by atoms with E-state index in [2.05, 4.69) is 135 Å². The minimum atomic E-state index is 0.0112. The molecule has 3 rings (SSSR count). The third-order valence-electron chi connectivity index (χ3n) is 7.93. The topological polar surface area (TPSA) is 42.5 Å². The summed E-state index contributed by atoms with van der Waals surface area (Å²) < 4.78 is 12.6. The van der Waals surface area contributed by atoms with Crippen LogP contribution in [0.1, 0.15) is 113 Å². The lowest BCUT2D eigenvalue weighted by Gasteiger charge is -2.40. The monoisotopic (exact) mass is 536 g/mol. The first kappa shape index (κ1) is 31.5. The zero-order valence-corrected chi connectivity index (χ0v) is 26.7. The Balaban J connectivity index is 1.48. The maximum atomic E-state index is 6.35. The molecule has 0 radical (unpaired) electrons. The summed E-state index contributed by atoms with van der Waals surface area (Å²) in [6.07, 6.45) is 4.71. The minimum absolute atomic E-state index is 0.0112. The fourth-order valence-corrected chi connectivity index (χ4v) is 5.16. The van der Waals surface area contributed by atoms with Gasteiger partial charge in [-0.1, -0.05) is 58.9 Å². The van der Waals surface area contributed by atoms with Gasteiger partial charge in [-0.25, -0.2) is 0 Å². The summed E-state index contributed by atoms with van der Waals surface area (Å²) in [7, 11) is 0. The summed E-state index contributed by atoms with van der Waals surface area (Å²) >= 11 is 0. The molecule has 218 valence electrons. The number of rotatable bonds is 12. The van der Waals surface area contributed by atoms with Crippen LogP contribution in [0.3, 0.4) is 0 Å². The summed E-state index contributed by atoms with van der Waals surface area (Å²) in [5.74, 6) is 1.94. The molecule has 2 aromatic carbocycles.